The van der Waals surface area contributed by atoms with Crippen molar-refractivity contribution in [1.29, 1.82) is 0 Å². The number of rotatable bonds is 3. The Kier molecular flexibility index (Phi) is 6.27. The molecule has 0 saturated heterocycles. The summed E-state index contributed by atoms with van der Waals surface area (Å²) >= 11 is 13.7. The molecule has 0 nitrogen and oxygen atoms in total. The summed E-state index contributed by atoms with van der Waals surface area (Å²) in [6, 6.07) is 23.2. The Morgan fingerprint density at radius 3 is 1.68 bits per heavy atom. The van der Waals surface area contributed by atoms with Crippen molar-refractivity contribution in [2.75, 3.05) is 0 Å². The zero-order valence-electron chi connectivity index (χ0n) is 18.2. The average molecular weight is 463 g/mol. The third kappa shape index (κ3) is 3.83. The molecule has 0 N–H and O–H groups in total. The summed E-state index contributed by atoms with van der Waals surface area (Å²) in [5.41, 5.74) is 11.3. The lowest BCUT2D eigenvalue weighted by molar-refractivity contribution is 1.35. The van der Waals surface area contributed by atoms with Crippen molar-refractivity contribution in [3.8, 4) is 33.4 Å². The van der Waals surface area contributed by atoms with Gasteiger partial charge in [-0.15, -0.1) is 9.24 Å². The molecule has 0 heterocycles. The van der Waals surface area contributed by atoms with E-state index in [-0.39, 0.29) is 0 Å². The SMILES string of the molecule is Cc1cc(-c2ccccc2)c(-c2c(C)c(Cl)c(C)c(P)c2-c2ccccc2)c(C)c1Cl. The number of halogens is 2. The van der Waals surface area contributed by atoms with Gasteiger partial charge < -0.3 is 0 Å². The molecule has 3 heteroatoms. The Hall–Kier alpha value is -2.11. The zero-order valence-corrected chi connectivity index (χ0v) is 20.9. The maximum absolute atomic E-state index is 6.87. The third-order valence-electron chi connectivity index (χ3n) is 6.03. The maximum atomic E-state index is 6.87. The van der Waals surface area contributed by atoms with Gasteiger partial charge >= 0.3 is 0 Å². The highest BCUT2D eigenvalue weighted by Gasteiger charge is 2.24. The topological polar surface area (TPSA) is 0 Å². The van der Waals surface area contributed by atoms with Gasteiger partial charge in [-0.05, 0) is 94.7 Å². The second kappa shape index (κ2) is 8.79. The molecule has 0 fully saturated rings. The van der Waals surface area contributed by atoms with Crippen LogP contribution in [0, 0.1) is 27.7 Å². The second-order valence-corrected chi connectivity index (χ2v) is 9.35. The molecular formula is C28H25Cl2P. The lowest BCUT2D eigenvalue weighted by Gasteiger charge is -2.25. The van der Waals surface area contributed by atoms with Crippen LogP contribution in [0.3, 0.4) is 0 Å². The van der Waals surface area contributed by atoms with Crippen molar-refractivity contribution in [1.82, 2.24) is 0 Å². The van der Waals surface area contributed by atoms with Crippen molar-refractivity contribution in [2.24, 2.45) is 0 Å². The van der Waals surface area contributed by atoms with E-state index in [2.05, 4.69) is 91.5 Å². The van der Waals surface area contributed by atoms with Gasteiger partial charge in [0.15, 0.2) is 0 Å². The second-order valence-electron chi connectivity index (χ2n) is 8.01. The summed E-state index contributed by atoms with van der Waals surface area (Å²) in [4.78, 5) is 0. The first-order valence-corrected chi connectivity index (χ1v) is 11.6. The molecule has 0 radical (unpaired) electrons. The van der Waals surface area contributed by atoms with Crippen molar-refractivity contribution < 1.29 is 0 Å². The van der Waals surface area contributed by atoms with Gasteiger partial charge in [0.25, 0.3) is 0 Å². The van der Waals surface area contributed by atoms with Gasteiger partial charge in [-0.25, -0.2) is 0 Å². The molecule has 0 aliphatic rings. The highest BCUT2D eigenvalue weighted by molar-refractivity contribution is 7.28. The van der Waals surface area contributed by atoms with Crippen LogP contribution in [0.5, 0.6) is 0 Å². The van der Waals surface area contributed by atoms with Crippen LogP contribution >= 0.6 is 32.4 Å². The number of hydrogen-bond donors (Lipinski definition) is 0. The molecule has 0 spiro atoms. The lowest BCUT2D eigenvalue weighted by atomic mass is 9.82. The van der Waals surface area contributed by atoms with Gasteiger partial charge in [0.05, 0.1) is 0 Å². The molecule has 4 aromatic carbocycles. The van der Waals surface area contributed by atoms with Crippen LogP contribution in [0.25, 0.3) is 33.4 Å². The summed E-state index contributed by atoms with van der Waals surface area (Å²) < 4.78 is 0. The van der Waals surface area contributed by atoms with Gasteiger partial charge in [-0.2, -0.15) is 0 Å². The van der Waals surface area contributed by atoms with E-state index in [1.807, 2.05) is 12.1 Å². The monoisotopic (exact) mass is 462 g/mol. The predicted octanol–water partition coefficient (Wildman–Crippen LogP) is 8.73. The van der Waals surface area contributed by atoms with Gasteiger partial charge in [-0.3, -0.25) is 0 Å². The molecule has 0 saturated carbocycles. The molecule has 31 heavy (non-hydrogen) atoms. The quantitative estimate of drug-likeness (QED) is 0.267. The first-order chi connectivity index (χ1) is 14.8. The van der Waals surface area contributed by atoms with E-state index in [4.69, 9.17) is 23.2 Å². The highest BCUT2D eigenvalue weighted by Crippen LogP contribution is 2.46. The Labute approximate surface area is 197 Å². The summed E-state index contributed by atoms with van der Waals surface area (Å²) in [6.45, 7) is 8.38. The van der Waals surface area contributed by atoms with Gasteiger partial charge in [0.1, 0.15) is 0 Å². The average Bonchev–Trinajstić information content (AvgIpc) is 2.80. The van der Waals surface area contributed by atoms with E-state index in [1.165, 1.54) is 22.3 Å². The minimum absolute atomic E-state index is 0.801. The highest BCUT2D eigenvalue weighted by atomic mass is 35.5. The fraction of sp³-hybridized carbons (Fsp3) is 0.143. The maximum Gasteiger partial charge on any atom is 0.0477 e. The van der Waals surface area contributed by atoms with Crippen LogP contribution in [-0.4, -0.2) is 0 Å². The molecular weight excluding hydrogens is 438 g/mol. The normalized spacial score (nSPS) is 11.1. The van der Waals surface area contributed by atoms with Gasteiger partial charge in [-0.1, -0.05) is 83.9 Å². The van der Waals surface area contributed by atoms with E-state index in [0.29, 0.717) is 0 Å². The molecule has 1 atom stereocenters. The van der Waals surface area contributed by atoms with Crippen LogP contribution in [0.4, 0.5) is 0 Å². The Balaban J connectivity index is 2.22. The van der Waals surface area contributed by atoms with Gasteiger partial charge in [0, 0.05) is 10.0 Å². The Morgan fingerprint density at radius 1 is 0.581 bits per heavy atom. The smallest absolute Gasteiger partial charge is 0.0477 e. The van der Waals surface area contributed by atoms with Crippen LogP contribution in [0.2, 0.25) is 10.0 Å². The first kappa shape index (κ1) is 22.1. The number of aryl methyl sites for hydroxylation is 1. The molecule has 4 aromatic rings. The lowest BCUT2D eigenvalue weighted by Crippen LogP contribution is -2.09. The first-order valence-electron chi connectivity index (χ1n) is 10.3. The Bertz CT molecular complexity index is 1280. The van der Waals surface area contributed by atoms with Crippen molar-refractivity contribution >= 4 is 37.7 Å². The third-order valence-corrected chi connectivity index (χ3v) is 7.90. The largest absolute Gasteiger partial charge is 0.105 e. The summed E-state index contributed by atoms with van der Waals surface area (Å²) in [5.74, 6) is 0. The standard InChI is InChI=1S/C28H25Cl2P/c1-16-15-22(20-11-7-5-8-12-20)23(17(2)26(16)29)24-18(3)27(30)19(4)28(31)25(24)21-13-9-6-10-14-21/h5-15H,31H2,1-4H3. The summed E-state index contributed by atoms with van der Waals surface area (Å²) in [6.07, 6.45) is 0. The van der Waals surface area contributed by atoms with Crippen LogP contribution in [-0.2, 0) is 0 Å². The van der Waals surface area contributed by atoms with E-state index in [0.717, 1.165) is 48.7 Å². The van der Waals surface area contributed by atoms with E-state index >= 15 is 0 Å². The van der Waals surface area contributed by atoms with E-state index in [9.17, 15) is 0 Å². The molecule has 4 rings (SSSR count). The summed E-state index contributed by atoms with van der Waals surface area (Å²) in [7, 11) is 2.92. The molecule has 1 unspecified atom stereocenters. The fourth-order valence-electron chi connectivity index (χ4n) is 4.36. The Morgan fingerprint density at radius 2 is 1.10 bits per heavy atom. The van der Waals surface area contributed by atoms with Crippen molar-refractivity contribution in [2.45, 2.75) is 27.7 Å². The summed E-state index contributed by atoms with van der Waals surface area (Å²) in [5, 5.41) is 2.72. The van der Waals surface area contributed by atoms with Crippen LogP contribution in [0.1, 0.15) is 22.3 Å². The van der Waals surface area contributed by atoms with Crippen LogP contribution < -0.4 is 5.30 Å². The molecule has 0 aromatic heterocycles. The fourth-order valence-corrected chi connectivity index (χ4v) is 5.26. The van der Waals surface area contributed by atoms with Crippen molar-refractivity contribution in [3.63, 3.8) is 0 Å². The zero-order chi connectivity index (χ0) is 22.3. The molecule has 0 aliphatic carbocycles. The number of hydrogen-bond acceptors (Lipinski definition) is 0. The van der Waals surface area contributed by atoms with Gasteiger partial charge in [0.2, 0.25) is 0 Å². The predicted molar refractivity (Wildman–Crippen MR) is 141 cm³/mol. The van der Waals surface area contributed by atoms with E-state index in [1.54, 1.807) is 0 Å². The van der Waals surface area contributed by atoms with Crippen LogP contribution in [0.15, 0.2) is 66.7 Å². The van der Waals surface area contributed by atoms with Crippen molar-refractivity contribution in [3.05, 3.63) is 99.0 Å². The van der Waals surface area contributed by atoms with E-state index < -0.39 is 0 Å². The number of benzene rings is 4. The minimum Gasteiger partial charge on any atom is -0.105 e. The molecule has 0 aliphatic heterocycles. The molecule has 0 amide bonds. The molecule has 156 valence electrons. The molecule has 0 bridgehead atoms. The minimum atomic E-state index is 0.801.